The van der Waals surface area contributed by atoms with Gasteiger partial charge in [0.05, 0.1) is 0 Å². The average molecular weight is 297 g/mol. The number of nitrogens with zero attached hydrogens (tertiary/aromatic N) is 2. The molecule has 5 heteroatoms. The first-order chi connectivity index (χ1) is 9.65. The fraction of sp³-hybridized carbons (Fsp3) is 0.600. The number of likely N-dealkylation sites (tertiary alicyclic amines) is 1. The molecule has 0 radical (unpaired) electrons. The lowest BCUT2D eigenvalue weighted by atomic mass is 10.1. The van der Waals surface area contributed by atoms with Crippen LogP contribution in [-0.4, -0.2) is 40.1 Å². The van der Waals surface area contributed by atoms with E-state index in [1.54, 1.807) is 6.07 Å². The molecule has 1 atom stereocenters. The minimum atomic E-state index is 0.0319. The summed E-state index contributed by atoms with van der Waals surface area (Å²) in [7, 11) is 0. The Morgan fingerprint density at radius 3 is 3.05 bits per heavy atom. The molecule has 1 fully saturated rings. The number of aromatic nitrogens is 1. The summed E-state index contributed by atoms with van der Waals surface area (Å²) in [6, 6.07) is 3.71. The van der Waals surface area contributed by atoms with Gasteiger partial charge in [0.15, 0.2) is 0 Å². The van der Waals surface area contributed by atoms with Crippen LogP contribution in [0.5, 0.6) is 0 Å². The molecule has 4 nitrogen and oxygen atoms in total. The zero-order valence-corrected chi connectivity index (χ0v) is 12.6. The first-order valence-corrected chi connectivity index (χ1v) is 7.61. The SMILES string of the molecule is CCc1cc(C(=O)N2CCCC2CCCO)cc(Cl)n1. The molecule has 0 aliphatic carbocycles. The van der Waals surface area contributed by atoms with Crippen LogP contribution in [0.4, 0.5) is 0 Å². The lowest BCUT2D eigenvalue weighted by molar-refractivity contribution is 0.0724. The Kier molecular flexibility index (Phi) is 5.38. The number of rotatable bonds is 5. The van der Waals surface area contributed by atoms with Crippen molar-refractivity contribution >= 4 is 17.5 Å². The van der Waals surface area contributed by atoms with Gasteiger partial charge in [0.25, 0.3) is 5.91 Å². The van der Waals surface area contributed by atoms with Crippen molar-refractivity contribution in [3.05, 3.63) is 28.5 Å². The van der Waals surface area contributed by atoms with Crippen molar-refractivity contribution in [3.63, 3.8) is 0 Å². The molecule has 1 N–H and O–H groups in total. The zero-order valence-electron chi connectivity index (χ0n) is 11.8. The van der Waals surface area contributed by atoms with Crippen molar-refractivity contribution < 1.29 is 9.90 Å². The molecule has 0 spiro atoms. The number of aliphatic hydroxyl groups is 1. The van der Waals surface area contributed by atoms with Crippen LogP contribution in [0, 0.1) is 0 Å². The highest BCUT2D eigenvalue weighted by Crippen LogP contribution is 2.24. The van der Waals surface area contributed by atoms with E-state index >= 15 is 0 Å². The molecule has 1 aliphatic heterocycles. The minimum Gasteiger partial charge on any atom is -0.396 e. The summed E-state index contributed by atoms with van der Waals surface area (Å²) in [5.74, 6) is 0.0319. The molecule has 1 aliphatic rings. The van der Waals surface area contributed by atoms with Gasteiger partial charge in [-0.05, 0) is 44.2 Å². The number of aliphatic hydroxyl groups excluding tert-OH is 1. The van der Waals surface area contributed by atoms with E-state index in [1.807, 2.05) is 17.9 Å². The van der Waals surface area contributed by atoms with Crippen LogP contribution in [0.25, 0.3) is 0 Å². The summed E-state index contributed by atoms with van der Waals surface area (Å²) in [5.41, 5.74) is 1.46. The van der Waals surface area contributed by atoms with Crippen LogP contribution in [0.3, 0.4) is 0 Å². The molecule has 0 saturated carbocycles. The summed E-state index contributed by atoms with van der Waals surface area (Å²) in [4.78, 5) is 18.7. The third-order valence-electron chi connectivity index (χ3n) is 3.79. The molecule has 1 unspecified atom stereocenters. The molecule has 1 aromatic rings. The number of pyridine rings is 1. The van der Waals surface area contributed by atoms with Crippen LogP contribution in [0.15, 0.2) is 12.1 Å². The smallest absolute Gasteiger partial charge is 0.254 e. The van der Waals surface area contributed by atoms with Crippen LogP contribution in [0.1, 0.15) is 48.7 Å². The third kappa shape index (κ3) is 3.49. The highest BCUT2D eigenvalue weighted by molar-refractivity contribution is 6.29. The lowest BCUT2D eigenvalue weighted by Gasteiger charge is -2.25. The summed E-state index contributed by atoms with van der Waals surface area (Å²) >= 11 is 5.98. The van der Waals surface area contributed by atoms with E-state index in [4.69, 9.17) is 16.7 Å². The number of carbonyl (C=O) groups excluding carboxylic acids is 1. The molecule has 110 valence electrons. The van der Waals surface area contributed by atoms with Gasteiger partial charge in [-0.1, -0.05) is 18.5 Å². The van der Waals surface area contributed by atoms with E-state index in [2.05, 4.69) is 4.98 Å². The third-order valence-corrected chi connectivity index (χ3v) is 3.98. The monoisotopic (exact) mass is 296 g/mol. The maximum atomic E-state index is 12.6. The van der Waals surface area contributed by atoms with Gasteiger partial charge in [-0.3, -0.25) is 4.79 Å². The number of amides is 1. The Balaban J connectivity index is 2.15. The Morgan fingerprint density at radius 1 is 1.55 bits per heavy atom. The molecule has 0 aromatic carbocycles. The molecule has 1 amide bonds. The van der Waals surface area contributed by atoms with Gasteiger partial charge >= 0.3 is 0 Å². The van der Waals surface area contributed by atoms with Gasteiger partial charge in [0.1, 0.15) is 5.15 Å². The quantitative estimate of drug-likeness (QED) is 0.850. The van der Waals surface area contributed by atoms with Gasteiger partial charge in [0.2, 0.25) is 0 Å². The van der Waals surface area contributed by atoms with Gasteiger partial charge < -0.3 is 10.0 Å². The lowest BCUT2D eigenvalue weighted by Crippen LogP contribution is -2.35. The number of halogens is 1. The Bertz CT molecular complexity index is 479. The fourth-order valence-corrected chi connectivity index (χ4v) is 2.98. The van der Waals surface area contributed by atoms with E-state index in [9.17, 15) is 4.79 Å². The first kappa shape index (κ1) is 15.3. The Labute approximate surface area is 124 Å². The Hall–Kier alpha value is -1.13. The first-order valence-electron chi connectivity index (χ1n) is 7.24. The van der Waals surface area contributed by atoms with Crippen molar-refractivity contribution in [1.29, 1.82) is 0 Å². The fourth-order valence-electron chi connectivity index (χ4n) is 2.75. The predicted molar refractivity (Wildman–Crippen MR) is 79.0 cm³/mol. The van der Waals surface area contributed by atoms with Crippen molar-refractivity contribution in [2.45, 2.75) is 45.1 Å². The predicted octanol–water partition coefficient (Wildman–Crippen LogP) is 2.67. The number of aryl methyl sites for hydroxylation is 1. The Morgan fingerprint density at radius 2 is 2.35 bits per heavy atom. The summed E-state index contributed by atoms with van der Waals surface area (Å²) in [6.45, 7) is 2.96. The highest BCUT2D eigenvalue weighted by atomic mass is 35.5. The van der Waals surface area contributed by atoms with Gasteiger partial charge in [0, 0.05) is 30.5 Å². The maximum absolute atomic E-state index is 12.6. The van der Waals surface area contributed by atoms with Gasteiger partial charge in [-0.2, -0.15) is 0 Å². The van der Waals surface area contributed by atoms with E-state index in [1.165, 1.54) is 0 Å². The maximum Gasteiger partial charge on any atom is 0.254 e. The molecular formula is C15H21ClN2O2. The van der Waals surface area contributed by atoms with Crippen LogP contribution < -0.4 is 0 Å². The van der Waals surface area contributed by atoms with E-state index in [-0.39, 0.29) is 18.6 Å². The van der Waals surface area contributed by atoms with Crippen LogP contribution >= 0.6 is 11.6 Å². The summed E-state index contributed by atoms with van der Waals surface area (Å²) < 4.78 is 0. The normalized spacial score (nSPS) is 18.6. The second kappa shape index (κ2) is 7.04. The topological polar surface area (TPSA) is 53.4 Å². The van der Waals surface area contributed by atoms with E-state index in [0.29, 0.717) is 10.7 Å². The number of hydrogen-bond donors (Lipinski definition) is 1. The standard InChI is InChI=1S/C15H21ClN2O2/c1-2-12-9-11(10-14(16)17-12)15(20)18-7-3-5-13(18)6-4-8-19/h9-10,13,19H,2-8H2,1H3. The largest absolute Gasteiger partial charge is 0.396 e. The van der Waals surface area contributed by atoms with Crippen molar-refractivity contribution in [2.75, 3.05) is 13.2 Å². The molecule has 2 heterocycles. The highest BCUT2D eigenvalue weighted by Gasteiger charge is 2.29. The molecule has 1 saturated heterocycles. The van der Waals surface area contributed by atoms with Crippen LogP contribution in [0.2, 0.25) is 5.15 Å². The van der Waals surface area contributed by atoms with Crippen molar-refractivity contribution in [3.8, 4) is 0 Å². The van der Waals surface area contributed by atoms with Crippen molar-refractivity contribution in [2.24, 2.45) is 0 Å². The average Bonchev–Trinajstić information content (AvgIpc) is 2.91. The second-order valence-corrected chi connectivity index (χ2v) is 5.57. The second-order valence-electron chi connectivity index (χ2n) is 5.18. The van der Waals surface area contributed by atoms with Gasteiger partial charge in [-0.15, -0.1) is 0 Å². The zero-order chi connectivity index (χ0) is 14.5. The molecule has 2 rings (SSSR count). The molecule has 20 heavy (non-hydrogen) atoms. The van der Waals surface area contributed by atoms with Crippen LogP contribution in [-0.2, 0) is 6.42 Å². The van der Waals surface area contributed by atoms with E-state index in [0.717, 1.165) is 44.3 Å². The number of carbonyl (C=O) groups is 1. The minimum absolute atomic E-state index is 0.0319. The number of hydrogen-bond acceptors (Lipinski definition) is 3. The molecule has 1 aromatic heterocycles. The summed E-state index contributed by atoms with van der Waals surface area (Å²) in [6.07, 6.45) is 4.41. The molecular weight excluding hydrogens is 276 g/mol. The van der Waals surface area contributed by atoms with E-state index < -0.39 is 0 Å². The summed E-state index contributed by atoms with van der Waals surface area (Å²) in [5, 5.41) is 9.32. The molecule has 0 bridgehead atoms. The van der Waals surface area contributed by atoms with Gasteiger partial charge in [-0.25, -0.2) is 4.98 Å². The van der Waals surface area contributed by atoms with Crippen molar-refractivity contribution in [1.82, 2.24) is 9.88 Å².